The minimum Gasteiger partial charge on any atom is -0.493 e. The quantitative estimate of drug-likeness (QED) is 0.844. The molecule has 0 amide bonds. The van der Waals surface area contributed by atoms with Crippen LogP contribution >= 0.6 is 0 Å². The first-order valence-corrected chi connectivity index (χ1v) is 5.86. The molecule has 0 aromatic heterocycles. The van der Waals surface area contributed by atoms with Crippen molar-refractivity contribution in [2.45, 2.75) is 40.2 Å². The Morgan fingerprint density at radius 1 is 1.25 bits per heavy atom. The molecule has 1 atom stereocenters. The standard InChI is InChI=1S/C14H22O2/c1-5-10-16-12-9-7-6-8-11(12)13(15)14(2,3)4/h6-9,13,15H,5,10H2,1-4H3. The summed E-state index contributed by atoms with van der Waals surface area (Å²) in [5.41, 5.74) is 0.703. The van der Waals surface area contributed by atoms with Gasteiger partial charge in [-0.25, -0.2) is 0 Å². The second kappa shape index (κ2) is 5.35. The Balaban J connectivity index is 2.94. The summed E-state index contributed by atoms with van der Waals surface area (Å²) in [4.78, 5) is 0. The topological polar surface area (TPSA) is 29.5 Å². The van der Waals surface area contributed by atoms with Gasteiger partial charge in [-0.3, -0.25) is 0 Å². The van der Waals surface area contributed by atoms with Crippen LogP contribution in [0, 0.1) is 5.41 Å². The van der Waals surface area contributed by atoms with Crippen molar-refractivity contribution in [2.24, 2.45) is 5.41 Å². The maximum absolute atomic E-state index is 10.3. The third-order valence-corrected chi connectivity index (χ3v) is 2.50. The molecular formula is C14H22O2. The van der Waals surface area contributed by atoms with Gasteiger partial charge in [-0.1, -0.05) is 45.9 Å². The molecule has 0 aliphatic heterocycles. The van der Waals surface area contributed by atoms with Crippen molar-refractivity contribution in [1.82, 2.24) is 0 Å². The lowest BCUT2D eigenvalue weighted by Crippen LogP contribution is -2.18. The van der Waals surface area contributed by atoms with Gasteiger partial charge in [-0.2, -0.15) is 0 Å². The fourth-order valence-corrected chi connectivity index (χ4v) is 1.52. The van der Waals surface area contributed by atoms with E-state index < -0.39 is 6.10 Å². The Hall–Kier alpha value is -1.02. The molecule has 0 fully saturated rings. The summed E-state index contributed by atoms with van der Waals surface area (Å²) in [5, 5.41) is 10.3. The van der Waals surface area contributed by atoms with Crippen molar-refractivity contribution >= 4 is 0 Å². The molecular weight excluding hydrogens is 200 g/mol. The van der Waals surface area contributed by atoms with Crippen LogP contribution in [0.1, 0.15) is 45.8 Å². The SMILES string of the molecule is CCCOc1ccccc1C(O)C(C)(C)C. The van der Waals surface area contributed by atoms with Crippen LogP contribution in [0.25, 0.3) is 0 Å². The molecule has 0 saturated heterocycles. The molecule has 0 heterocycles. The maximum Gasteiger partial charge on any atom is 0.125 e. The lowest BCUT2D eigenvalue weighted by atomic mass is 9.84. The van der Waals surface area contributed by atoms with Crippen molar-refractivity contribution in [3.05, 3.63) is 29.8 Å². The van der Waals surface area contributed by atoms with Gasteiger partial charge >= 0.3 is 0 Å². The molecule has 1 N–H and O–H groups in total. The third-order valence-electron chi connectivity index (χ3n) is 2.50. The van der Waals surface area contributed by atoms with Crippen LogP contribution < -0.4 is 4.74 Å². The highest BCUT2D eigenvalue weighted by Crippen LogP contribution is 2.37. The monoisotopic (exact) mass is 222 g/mol. The van der Waals surface area contributed by atoms with Crippen LogP contribution in [0.2, 0.25) is 0 Å². The lowest BCUT2D eigenvalue weighted by Gasteiger charge is -2.27. The first-order chi connectivity index (χ1) is 7.46. The van der Waals surface area contributed by atoms with Gasteiger partial charge in [-0.15, -0.1) is 0 Å². The largest absolute Gasteiger partial charge is 0.493 e. The molecule has 1 rings (SSSR count). The number of benzene rings is 1. The molecule has 0 radical (unpaired) electrons. The van der Waals surface area contributed by atoms with Crippen molar-refractivity contribution in [2.75, 3.05) is 6.61 Å². The van der Waals surface area contributed by atoms with E-state index in [9.17, 15) is 5.11 Å². The molecule has 0 bridgehead atoms. The van der Waals surface area contributed by atoms with E-state index in [1.54, 1.807) is 0 Å². The van der Waals surface area contributed by atoms with E-state index >= 15 is 0 Å². The number of rotatable bonds is 4. The summed E-state index contributed by atoms with van der Waals surface area (Å²) >= 11 is 0. The molecule has 0 aliphatic rings. The zero-order valence-corrected chi connectivity index (χ0v) is 10.7. The van der Waals surface area contributed by atoms with Gasteiger partial charge in [0, 0.05) is 5.56 Å². The summed E-state index contributed by atoms with van der Waals surface area (Å²) in [6.07, 6.45) is 0.473. The van der Waals surface area contributed by atoms with Gasteiger partial charge in [0.05, 0.1) is 12.7 Å². The Labute approximate surface area is 98.3 Å². The van der Waals surface area contributed by atoms with Crippen molar-refractivity contribution in [3.63, 3.8) is 0 Å². The van der Waals surface area contributed by atoms with Gasteiger partial charge in [0.25, 0.3) is 0 Å². The van der Waals surface area contributed by atoms with Crippen molar-refractivity contribution < 1.29 is 9.84 Å². The highest BCUT2D eigenvalue weighted by molar-refractivity contribution is 5.35. The number of ether oxygens (including phenoxy) is 1. The van der Waals surface area contributed by atoms with Gasteiger partial charge in [0.2, 0.25) is 0 Å². The van der Waals surface area contributed by atoms with Crippen LogP contribution in [-0.2, 0) is 0 Å². The molecule has 0 spiro atoms. The fraction of sp³-hybridized carbons (Fsp3) is 0.571. The molecule has 0 aliphatic carbocycles. The second-order valence-corrected chi connectivity index (χ2v) is 5.15. The zero-order valence-electron chi connectivity index (χ0n) is 10.7. The van der Waals surface area contributed by atoms with Crippen molar-refractivity contribution in [1.29, 1.82) is 0 Å². The highest BCUT2D eigenvalue weighted by atomic mass is 16.5. The van der Waals surface area contributed by atoms with Crippen LogP contribution in [0.4, 0.5) is 0 Å². The minimum atomic E-state index is -0.499. The molecule has 2 nitrogen and oxygen atoms in total. The minimum absolute atomic E-state index is 0.175. The predicted octanol–water partition coefficient (Wildman–Crippen LogP) is 3.55. The lowest BCUT2D eigenvalue weighted by molar-refractivity contribution is 0.0597. The first-order valence-electron chi connectivity index (χ1n) is 5.86. The summed E-state index contributed by atoms with van der Waals surface area (Å²) < 4.78 is 5.64. The average molecular weight is 222 g/mol. The van der Waals surface area contributed by atoms with Gasteiger partial charge in [0.15, 0.2) is 0 Å². The summed E-state index contributed by atoms with van der Waals surface area (Å²) in [7, 11) is 0. The smallest absolute Gasteiger partial charge is 0.125 e. The normalized spacial score (nSPS) is 13.6. The summed E-state index contributed by atoms with van der Waals surface area (Å²) in [5.74, 6) is 0.798. The third kappa shape index (κ3) is 3.24. The summed E-state index contributed by atoms with van der Waals surface area (Å²) in [6.45, 7) is 8.83. The molecule has 2 heteroatoms. The Morgan fingerprint density at radius 2 is 1.88 bits per heavy atom. The van der Waals surface area contributed by atoms with Crippen LogP contribution in [0.5, 0.6) is 5.75 Å². The van der Waals surface area contributed by atoms with Gasteiger partial charge < -0.3 is 9.84 Å². The molecule has 90 valence electrons. The van der Waals surface area contributed by atoms with E-state index in [-0.39, 0.29) is 5.41 Å². The van der Waals surface area contributed by atoms with Crippen LogP contribution in [-0.4, -0.2) is 11.7 Å². The number of hydrogen-bond donors (Lipinski definition) is 1. The summed E-state index contributed by atoms with van der Waals surface area (Å²) in [6, 6.07) is 7.72. The Kier molecular flexibility index (Phi) is 4.36. The van der Waals surface area contributed by atoms with E-state index in [0.29, 0.717) is 6.61 Å². The molecule has 1 aromatic carbocycles. The fourth-order valence-electron chi connectivity index (χ4n) is 1.52. The van der Waals surface area contributed by atoms with Crippen LogP contribution in [0.3, 0.4) is 0 Å². The number of hydrogen-bond acceptors (Lipinski definition) is 2. The average Bonchev–Trinajstić information content (AvgIpc) is 2.24. The number of aliphatic hydroxyl groups excluding tert-OH is 1. The number of para-hydroxylation sites is 1. The van der Waals surface area contributed by atoms with E-state index in [4.69, 9.17) is 4.74 Å². The first kappa shape index (κ1) is 13.0. The molecule has 1 aromatic rings. The Bertz CT molecular complexity index is 326. The van der Waals surface area contributed by atoms with Gasteiger partial charge in [0.1, 0.15) is 5.75 Å². The molecule has 1 unspecified atom stereocenters. The van der Waals surface area contributed by atoms with Gasteiger partial charge in [-0.05, 0) is 17.9 Å². The maximum atomic E-state index is 10.3. The van der Waals surface area contributed by atoms with E-state index in [2.05, 4.69) is 6.92 Å². The van der Waals surface area contributed by atoms with E-state index in [0.717, 1.165) is 17.7 Å². The molecule has 16 heavy (non-hydrogen) atoms. The van der Waals surface area contributed by atoms with E-state index in [1.807, 2.05) is 45.0 Å². The number of aliphatic hydroxyl groups is 1. The van der Waals surface area contributed by atoms with Crippen molar-refractivity contribution in [3.8, 4) is 5.75 Å². The molecule has 0 saturated carbocycles. The van der Waals surface area contributed by atoms with Crippen LogP contribution in [0.15, 0.2) is 24.3 Å². The van der Waals surface area contributed by atoms with E-state index in [1.165, 1.54) is 0 Å². The zero-order chi connectivity index (χ0) is 12.2. The highest BCUT2D eigenvalue weighted by Gasteiger charge is 2.26. The predicted molar refractivity (Wildman–Crippen MR) is 66.6 cm³/mol. The Morgan fingerprint density at radius 3 is 2.44 bits per heavy atom. The second-order valence-electron chi connectivity index (χ2n) is 5.15.